The average molecular weight is 156 g/mol. The molecule has 0 aromatic heterocycles. The van der Waals surface area contributed by atoms with Crippen molar-refractivity contribution in [3.8, 4) is 6.07 Å². The van der Waals surface area contributed by atoms with Crippen LogP contribution in [-0.4, -0.2) is 17.2 Å². The second-order valence-corrected chi connectivity index (χ2v) is 2.58. The minimum atomic E-state index is -1.04. The summed E-state index contributed by atoms with van der Waals surface area (Å²) in [5.41, 5.74) is 0. The number of nitriles is 1. The smallest absolute Gasteiger partial charge is 0.404 e. The highest BCUT2D eigenvalue weighted by Crippen LogP contribution is 2.05. The van der Waals surface area contributed by atoms with E-state index in [9.17, 15) is 4.79 Å². The van der Waals surface area contributed by atoms with Crippen LogP contribution in [-0.2, 0) is 0 Å². The first kappa shape index (κ1) is 9.76. The van der Waals surface area contributed by atoms with Gasteiger partial charge in [0.2, 0.25) is 0 Å². The number of amides is 1. The number of carboxylic acid groups (broad SMARTS) is 1. The molecule has 0 aromatic rings. The monoisotopic (exact) mass is 156 g/mol. The minimum Gasteiger partial charge on any atom is -0.465 e. The number of rotatable bonds is 3. The summed E-state index contributed by atoms with van der Waals surface area (Å²) in [6, 6.07) is 1.83. The Hall–Kier alpha value is -1.24. The topological polar surface area (TPSA) is 73.1 Å². The Labute approximate surface area is 65.8 Å². The van der Waals surface area contributed by atoms with E-state index in [1.807, 2.05) is 13.0 Å². The first-order chi connectivity index (χ1) is 5.07. The Kier molecular flexibility index (Phi) is 4.04. The molecule has 2 atom stereocenters. The van der Waals surface area contributed by atoms with Gasteiger partial charge in [0.15, 0.2) is 0 Å². The predicted octanol–water partition coefficient (Wildman–Crippen LogP) is 1.19. The molecule has 0 aliphatic carbocycles. The highest BCUT2D eigenvalue weighted by molar-refractivity contribution is 5.64. The normalized spacial score (nSPS) is 14.6. The van der Waals surface area contributed by atoms with Crippen LogP contribution in [0.15, 0.2) is 0 Å². The van der Waals surface area contributed by atoms with Gasteiger partial charge in [0, 0.05) is 12.5 Å². The second kappa shape index (κ2) is 4.56. The van der Waals surface area contributed by atoms with Gasteiger partial charge in [-0.25, -0.2) is 4.79 Å². The summed E-state index contributed by atoms with van der Waals surface area (Å²) in [5.74, 6) is 0.0658. The van der Waals surface area contributed by atoms with Crippen molar-refractivity contribution in [1.29, 1.82) is 5.26 Å². The van der Waals surface area contributed by atoms with Crippen LogP contribution in [0.5, 0.6) is 0 Å². The van der Waals surface area contributed by atoms with Crippen LogP contribution in [0.2, 0.25) is 0 Å². The van der Waals surface area contributed by atoms with E-state index in [1.165, 1.54) is 0 Å². The molecule has 4 heteroatoms. The number of carbonyl (C=O) groups is 1. The summed E-state index contributed by atoms with van der Waals surface area (Å²) in [4.78, 5) is 10.1. The third-order valence-electron chi connectivity index (χ3n) is 1.62. The van der Waals surface area contributed by atoms with E-state index < -0.39 is 6.09 Å². The van der Waals surface area contributed by atoms with Gasteiger partial charge in [-0.3, -0.25) is 0 Å². The van der Waals surface area contributed by atoms with Gasteiger partial charge in [0.25, 0.3) is 0 Å². The van der Waals surface area contributed by atoms with E-state index in [-0.39, 0.29) is 12.0 Å². The highest BCUT2D eigenvalue weighted by atomic mass is 16.4. The van der Waals surface area contributed by atoms with Crippen LogP contribution in [0.4, 0.5) is 4.79 Å². The lowest BCUT2D eigenvalue weighted by atomic mass is 10.0. The summed E-state index contributed by atoms with van der Waals surface area (Å²) in [6.45, 7) is 3.58. The largest absolute Gasteiger partial charge is 0.465 e. The Morgan fingerprint density at radius 3 is 2.64 bits per heavy atom. The molecule has 4 nitrogen and oxygen atoms in total. The van der Waals surface area contributed by atoms with Gasteiger partial charge in [-0.2, -0.15) is 5.26 Å². The molecule has 0 bridgehead atoms. The van der Waals surface area contributed by atoms with Crippen molar-refractivity contribution in [2.24, 2.45) is 5.92 Å². The van der Waals surface area contributed by atoms with E-state index in [0.717, 1.165) is 0 Å². The summed E-state index contributed by atoms with van der Waals surface area (Å²) in [7, 11) is 0. The van der Waals surface area contributed by atoms with Crippen LogP contribution < -0.4 is 5.32 Å². The molecule has 1 unspecified atom stereocenters. The second-order valence-electron chi connectivity index (χ2n) is 2.58. The van der Waals surface area contributed by atoms with E-state index in [4.69, 9.17) is 10.4 Å². The van der Waals surface area contributed by atoms with E-state index in [2.05, 4.69) is 5.32 Å². The predicted molar refractivity (Wildman–Crippen MR) is 40.0 cm³/mol. The zero-order chi connectivity index (χ0) is 8.85. The van der Waals surface area contributed by atoms with Crippen molar-refractivity contribution in [2.45, 2.75) is 26.3 Å². The fourth-order valence-corrected chi connectivity index (χ4v) is 0.658. The zero-order valence-corrected chi connectivity index (χ0v) is 6.66. The molecule has 0 saturated heterocycles. The van der Waals surface area contributed by atoms with Crippen molar-refractivity contribution >= 4 is 6.09 Å². The Bertz CT molecular complexity index is 174. The van der Waals surface area contributed by atoms with E-state index in [1.54, 1.807) is 6.92 Å². The molecule has 0 aromatic carbocycles. The lowest BCUT2D eigenvalue weighted by Gasteiger charge is -2.16. The maximum atomic E-state index is 10.1. The van der Waals surface area contributed by atoms with Crippen molar-refractivity contribution in [1.82, 2.24) is 5.32 Å². The quantitative estimate of drug-likeness (QED) is 0.644. The van der Waals surface area contributed by atoms with Gasteiger partial charge < -0.3 is 10.4 Å². The molecule has 11 heavy (non-hydrogen) atoms. The summed E-state index contributed by atoms with van der Waals surface area (Å²) < 4.78 is 0. The fraction of sp³-hybridized carbons (Fsp3) is 0.714. The van der Waals surface area contributed by atoms with Crippen LogP contribution in [0.1, 0.15) is 20.3 Å². The van der Waals surface area contributed by atoms with E-state index in [0.29, 0.717) is 6.42 Å². The number of nitrogens with one attached hydrogen (secondary N) is 1. The SMILES string of the molecule is CC(NC(=O)O)[C@H](C)CC#N. The number of hydrogen-bond acceptors (Lipinski definition) is 2. The van der Waals surface area contributed by atoms with Gasteiger partial charge in [0.1, 0.15) is 0 Å². The molecule has 0 fully saturated rings. The molecule has 2 N–H and O–H groups in total. The Morgan fingerprint density at radius 2 is 2.27 bits per heavy atom. The average Bonchev–Trinajstić information content (AvgIpc) is 1.86. The van der Waals surface area contributed by atoms with Crippen molar-refractivity contribution in [3.63, 3.8) is 0 Å². The van der Waals surface area contributed by atoms with Gasteiger partial charge >= 0.3 is 6.09 Å². The maximum absolute atomic E-state index is 10.1. The van der Waals surface area contributed by atoms with Gasteiger partial charge in [-0.1, -0.05) is 6.92 Å². The molecular formula is C7H12N2O2. The lowest BCUT2D eigenvalue weighted by molar-refractivity contribution is 0.186. The van der Waals surface area contributed by atoms with Gasteiger partial charge in [-0.15, -0.1) is 0 Å². The highest BCUT2D eigenvalue weighted by Gasteiger charge is 2.12. The Balaban J connectivity index is 3.74. The summed E-state index contributed by atoms with van der Waals surface area (Å²) in [5, 5.41) is 18.9. The number of hydrogen-bond donors (Lipinski definition) is 2. The maximum Gasteiger partial charge on any atom is 0.404 e. The molecule has 0 spiro atoms. The zero-order valence-electron chi connectivity index (χ0n) is 6.66. The molecule has 0 saturated carbocycles. The molecular weight excluding hydrogens is 144 g/mol. The Morgan fingerprint density at radius 1 is 1.73 bits per heavy atom. The van der Waals surface area contributed by atoms with Crippen LogP contribution >= 0.6 is 0 Å². The standard InChI is InChI=1S/C7H12N2O2/c1-5(3-4-8)6(2)9-7(10)11/h5-6,9H,3H2,1-2H3,(H,10,11)/t5-,6?/m1/s1. The molecule has 1 amide bonds. The first-order valence-electron chi connectivity index (χ1n) is 3.44. The third kappa shape index (κ3) is 4.20. The van der Waals surface area contributed by atoms with Crippen LogP contribution in [0.25, 0.3) is 0 Å². The van der Waals surface area contributed by atoms with Gasteiger partial charge in [0.05, 0.1) is 6.07 Å². The molecule has 0 rings (SSSR count). The number of nitrogens with zero attached hydrogens (tertiary/aromatic N) is 1. The van der Waals surface area contributed by atoms with Crippen molar-refractivity contribution in [2.75, 3.05) is 0 Å². The van der Waals surface area contributed by atoms with Crippen LogP contribution in [0, 0.1) is 17.2 Å². The molecule has 0 aliphatic rings. The summed E-state index contributed by atoms with van der Waals surface area (Å²) >= 11 is 0. The lowest BCUT2D eigenvalue weighted by Crippen LogP contribution is -2.35. The molecule has 0 radical (unpaired) electrons. The minimum absolute atomic E-state index is 0.0658. The summed E-state index contributed by atoms with van der Waals surface area (Å²) in [6.07, 6.45) is -0.663. The van der Waals surface area contributed by atoms with Gasteiger partial charge in [-0.05, 0) is 12.8 Å². The third-order valence-corrected chi connectivity index (χ3v) is 1.62. The van der Waals surface area contributed by atoms with Crippen molar-refractivity contribution in [3.05, 3.63) is 0 Å². The fourth-order valence-electron chi connectivity index (χ4n) is 0.658. The molecule has 62 valence electrons. The van der Waals surface area contributed by atoms with E-state index >= 15 is 0 Å². The van der Waals surface area contributed by atoms with Crippen molar-refractivity contribution < 1.29 is 9.90 Å². The molecule has 0 aliphatic heterocycles. The molecule has 0 heterocycles. The first-order valence-corrected chi connectivity index (χ1v) is 3.44. The van der Waals surface area contributed by atoms with Crippen LogP contribution in [0.3, 0.4) is 0 Å².